The van der Waals surface area contributed by atoms with Crippen molar-refractivity contribution in [3.8, 4) is 0 Å². The molecule has 16 heavy (non-hydrogen) atoms. The number of nitrogens with zero attached hydrogens (tertiary/aromatic N) is 3. The molecule has 0 saturated carbocycles. The Balaban J connectivity index is 2.34. The molecule has 0 aromatic carbocycles. The second kappa shape index (κ2) is 4.78. The van der Waals surface area contributed by atoms with E-state index in [1.807, 2.05) is 0 Å². The zero-order valence-electron chi connectivity index (χ0n) is 10.1. The van der Waals surface area contributed by atoms with E-state index in [0.29, 0.717) is 18.6 Å². The summed E-state index contributed by atoms with van der Waals surface area (Å²) < 4.78 is 0. The predicted molar refractivity (Wildman–Crippen MR) is 65.2 cm³/mol. The van der Waals surface area contributed by atoms with Gasteiger partial charge in [-0.3, -0.25) is 4.98 Å². The van der Waals surface area contributed by atoms with E-state index < -0.39 is 0 Å². The molecule has 0 aliphatic carbocycles. The van der Waals surface area contributed by atoms with Gasteiger partial charge < -0.3 is 10.6 Å². The first-order valence-electron chi connectivity index (χ1n) is 6.06. The first-order valence-corrected chi connectivity index (χ1v) is 6.06. The average molecular weight is 220 g/mol. The zero-order chi connectivity index (χ0) is 11.5. The van der Waals surface area contributed by atoms with Gasteiger partial charge in [-0.25, -0.2) is 4.98 Å². The van der Waals surface area contributed by atoms with E-state index in [4.69, 9.17) is 5.73 Å². The SMILES string of the molecule is CCC1CCC(C)N1c1nccnc1CN. The fourth-order valence-corrected chi connectivity index (χ4v) is 2.57. The summed E-state index contributed by atoms with van der Waals surface area (Å²) in [6.07, 6.45) is 7.11. The van der Waals surface area contributed by atoms with Crippen molar-refractivity contribution in [2.75, 3.05) is 4.90 Å². The van der Waals surface area contributed by atoms with Crippen LogP contribution in [0, 0.1) is 0 Å². The van der Waals surface area contributed by atoms with Gasteiger partial charge in [-0.15, -0.1) is 0 Å². The topological polar surface area (TPSA) is 55.0 Å². The van der Waals surface area contributed by atoms with Crippen LogP contribution in [0.15, 0.2) is 12.4 Å². The summed E-state index contributed by atoms with van der Waals surface area (Å²) in [6.45, 7) is 4.95. The Hall–Kier alpha value is -1.16. The van der Waals surface area contributed by atoms with Gasteiger partial charge in [-0.1, -0.05) is 6.92 Å². The third-order valence-corrected chi connectivity index (χ3v) is 3.45. The van der Waals surface area contributed by atoms with Crippen LogP contribution in [0.3, 0.4) is 0 Å². The van der Waals surface area contributed by atoms with Crippen molar-refractivity contribution < 1.29 is 0 Å². The second-order valence-electron chi connectivity index (χ2n) is 4.43. The minimum atomic E-state index is 0.461. The number of rotatable bonds is 3. The van der Waals surface area contributed by atoms with E-state index in [1.54, 1.807) is 12.4 Å². The highest BCUT2D eigenvalue weighted by Crippen LogP contribution is 2.31. The minimum Gasteiger partial charge on any atom is -0.349 e. The second-order valence-corrected chi connectivity index (χ2v) is 4.43. The first kappa shape index (κ1) is 11.3. The fraction of sp³-hybridized carbons (Fsp3) is 0.667. The molecule has 2 unspecified atom stereocenters. The van der Waals surface area contributed by atoms with Gasteiger partial charge in [0.2, 0.25) is 0 Å². The number of hydrogen-bond acceptors (Lipinski definition) is 4. The lowest BCUT2D eigenvalue weighted by Crippen LogP contribution is -2.36. The Morgan fingerprint density at radius 1 is 1.38 bits per heavy atom. The molecule has 4 heteroatoms. The Bertz CT molecular complexity index is 353. The molecule has 0 bridgehead atoms. The summed E-state index contributed by atoms with van der Waals surface area (Å²) in [5.41, 5.74) is 6.63. The molecule has 2 rings (SSSR count). The Morgan fingerprint density at radius 2 is 2.12 bits per heavy atom. The zero-order valence-corrected chi connectivity index (χ0v) is 10.1. The molecule has 0 spiro atoms. The van der Waals surface area contributed by atoms with Crippen LogP contribution in [0.4, 0.5) is 5.82 Å². The van der Waals surface area contributed by atoms with Crippen LogP contribution in [-0.4, -0.2) is 22.1 Å². The van der Waals surface area contributed by atoms with Crippen LogP contribution in [0.2, 0.25) is 0 Å². The highest BCUT2D eigenvalue weighted by atomic mass is 15.3. The van der Waals surface area contributed by atoms with Crippen molar-refractivity contribution in [3.05, 3.63) is 18.1 Å². The predicted octanol–water partition coefficient (Wildman–Crippen LogP) is 1.70. The third-order valence-electron chi connectivity index (χ3n) is 3.45. The van der Waals surface area contributed by atoms with Crippen LogP contribution < -0.4 is 10.6 Å². The molecule has 1 aromatic heterocycles. The summed E-state index contributed by atoms with van der Waals surface area (Å²) in [5.74, 6) is 0.988. The molecule has 1 fully saturated rings. The Labute approximate surface area is 96.9 Å². The largest absolute Gasteiger partial charge is 0.349 e. The highest BCUT2D eigenvalue weighted by Gasteiger charge is 2.31. The van der Waals surface area contributed by atoms with E-state index in [0.717, 1.165) is 17.9 Å². The van der Waals surface area contributed by atoms with Gasteiger partial charge >= 0.3 is 0 Å². The third kappa shape index (κ3) is 1.89. The molecular formula is C12H20N4. The molecule has 0 radical (unpaired) electrons. The molecular weight excluding hydrogens is 200 g/mol. The van der Waals surface area contributed by atoms with Gasteiger partial charge in [0.05, 0.1) is 5.69 Å². The van der Waals surface area contributed by atoms with E-state index in [1.165, 1.54) is 12.8 Å². The van der Waals surface area contributed by atoms with Gasteiger partial charge in [-0.2, -0.15) is 0 Å². The van der Waals surface area contributed by atoms with Crippen LogP contribution in [0.5, 0.6) is 0 Å². The van der Waals surface area contributed by atoms with Crippen molar-refractivity contribution in [1.29, 1.82) is 0 Å². The normalized spacial score (nSPS) is 25.1. The number of nitrogens with two attached hydrogens (primary N) is 1. The molecule has 88 valence electrons. The lowest BCUT2D eigenvalue weighted by atomic mass is 10.1. The Kier molecular flexibility index (Phi) is 3.39. The lowest BCUT2D eigenvalue weighted by Gasteiger charge is -2.30. The Morgan fingerprint density at radius 3 is 2.81 bits per heavy atom. The van der Waals surface area contributed by atoms with E-state index in [-0.39, 0.29) is 0 Å². The van der Waals surface area contributed by atoms with E-state index in [9.17, 15) is 0 Å². The number of hydrogen-bond donors (Lipinski definition) is 1. The van der Waals surface area contributed by atoms with Crippen molar-refractivity contribution in [2.24, 2.45) is 5.73 Å². The molecule has 2 atom stereocenters. The average Bonchev–Trinajstić information content (AvgIpc) is 2.70. The minimum absolute atomic E-state index is 0.461. The fourth-order valence-electron chi connectivity index (χ4n) is 2.57. The quantitative estimate of drug-likeness (QED) is 0.842. The summed E-state index contributed by atoms with van der Waals surface area (Å²) >= 11 is 0. The lowest BCUT2D eigenvalue weighted by molar-refractivity contribution is 0.615. The summed E-state index contributed by atoms with van der Waals surface area (Å²) in [5, 5.41) is 0. The van der Waals surface area contributed by atoms with Crippen LogP contribution >= 0.6 is 0 Å². The smallest absolute Gasteiger partial charge is 0.152 e. The van der Waals surface area contributed by atoms with Gasteiger partial charge in [0.25, 0.3) is 0 Å². The number of aromatic nitrogens is 2. The molecule has 2 N–H and O–H groups in total. The maximum Gasteiger partial charge on any atom is 0.152 e. The van der Waals surface area contributed by atoms with Gasteiger partial charge in [-0.05, 0) is 26.2 Å². The van der Waals surface area contributed by atoms with E-state index in [2.05, 4.69) is 28.7 Å². The van der Waals surface area contributed by atoms with E-state index >= 15 is 0 Å². The molecule has 2 heterocycles. The van der Waals surface area contributed by atoms with Gasteiger partial charge in [0.15, 0.2) is 5.82 Å². The molecule has 4 nitrogen and oxygen atoms in total. The van der Waals surface area contributed by atoms with Crippen molar-refractivity contribution in [1.82, 2.24) is 9.97 Å². The molecule has 1 aromatic rings. The molecule has 1 aliphatic rings. The maximum atomic E-state index is 5.72. The van der Waals surface area contributed by atoms with Crippen molar-refractivity contribution in [2.45, 2.75) is 51.7 Å². The summed E-state index contributed by atoms with van der Waals surface area (Å²) in [6, 6.07) is 1.14. The van der Waals surface area contributed by atoms with Crippen molar-refractivity contribution in [3.63, 3.8) is 0 Å². The van der Waals surface area contributed by atoms with Crippen molar-refractivity contribution >= 4 is 5.82 Å². The van der Waals surface area contributed by atoms with Gasteiger partial charge in [0.1, 0.15) is 0 Å². The first-order chi connectivity index (χ1) is 7.77. The highest BCUT2D eigenvalue weighted by molar-refractivity contribution is 5.46. The van der Waals surface area contributed by atoms with Crippen LogP contribution in [0.25, 0.3) is 0 Å². The molecule has 1 aliphatic heterocycles. The standard InChI is InChI=1S/C12H20N4/c1-3-10-5-4-9(2)16(10)12-11(8-13)14-6-7-15-12/h6-7,9-10H,3-5,8,13H2,1-2H3. The van der Waals surface area contributed by atoms with Gasteiger partial charge in [0, 0.05) is 31.0 Å². The van der Waals surface area contributed by atoms with Crippen LogP contribution in [0.1, 0.15) is 38.8 Å². The van der Waals surface area contributed by atoms with Crippen LogP contribution in [-0.2, 0) is 6.54 Å². The monoisotopic (exact) mass is 220 g/mol. The maximum absolute atomic E-state index is 5.72. The summed E-state index contributed by atoms with van der Waals surface area (Å²) in [7, 11) is 0. The number of anilines is 1. The summed E-state index contributed by atoms with van der Waals surface area (Å²) in [4.78, 5) is 11.2. The molecule has 1 saturated heterocycles. The molecule has 0 amide bonds.